The minimum atomic E-state index is -0.0257. The van der Waals surface area contributed by atoms with Crippen molar-refractivity contribution >= 4 is 84.9 Å². The molecule has 30 heavy (non-hydrogen) atoms. The van der Waals surface area contributed by atoms with Crippen LogP contribution in [0.3, 0.4) is 0 Å². The Hall–Kier alpha value is -1.59. The van der Waals surface area contributed by atoms with Crippen LogP contribution in [0.15, 0.2) is 64.5 Å². The number of halogens is 2. The third kappa shape index (κ3) is 4.52. The zero-order valence-electron chi connectivity index (χ0n) is 16.4. The van der Waals surface area contributed by atoms with Gasteiger partial charge < -0.3 is 4.74 Å². The molecule has 4 nitrogen and oxygen atoms in total. The predicted molar refractivity (Wildman–Crippen MR) is 142 cm³/mol. The molecule has 1 heterocycles. The molecule has 0 saturated carbocycles. The molecule has 3 aromatic carbocycles. The van der Waals surface area contributed by atoms with Gasteiger partial charge in [-0.05, 0) is 103 Å². The zero-order chi connectivity index (χ0) is 21.3. The van der Waals surface area contributed by atoms with E-state index >= 15 is 0 Å². The van der Waals surface area contributed by atoms with Crippen molar-refractivity contribution in [3.8, 4) is 5.75 Å². The topological polar surface area (TPSA) is 41.9 Å². The number of aliphatic imine (C=N–C) groups is 1. The molecule has 0 bridgehead atoms. The molecular weight excluding hydrogens is 622 g/mol. The molecule has 7 heteroatoms. The number of carbonyl (C=O) groups is 1. The van der Waals surface area contributed by atoms with E-state index in [0.717, 1.165) is 24.0 Å². The maximum Gasteiger partial charge on any atom is 0.266 e. The molecular formula is C23H18I2N2O2S. The Morgan fingerprint density at radius 2 is 1.77 bits per heavy atom. The molecule has 0 atom stereocenters. The maximum atomic E-state index is 12.4. The fourth-order valence-corrected chi connectivity index (χ4v) is 6.24. The zero-order valence-corrected chi connectivity index (χ0v) is 21.5. The summed E-state index contributed by atoms with van der Waals surface area (Å²) in [5.74, 6) is 0.840. The number of hydrogen-bond donors (Lipinski definition) is 0. The highest BCUT2D eigenvalue weighted by Gasteiger charge is 2.29. The van der Waals surface area contributed by atoms with Crippen molar-refractivity contribution in [2.75, 3.05) is 14.1 Å². The summed E-state index contributed by atoms with van der Waals surface area (Å²) in [6, 6.07) is 18.8. The lowest BCUT2D eigenvalue weighted by molar-refractivity contribution is -0.121. The molecule has 3 aromatic rings. The summed E-state index contributed by atoms with van der Waals surface area (Å²) in [5.41, 5.74) is 2.11. The van der Waals surface area contributed by atoms with Crippen LogP contribution in [0, 0.1) is 7.14 Å². The van der Waals surface area contributed by atoms with Crippen LogP contribution in [0.1, 0.15) is 11.1 Å². The van der Waals surface area contributed by atoms with Gasteiger partial charge in [0.05, 0.1) is 12.0 Å². The van der Waals surface area contributed by atoms with Crippen molar-refractivity contribution in [1.82, 2.24) is 4.90 Å². The molecule has 0 radical (unpaired) electrons. The summed E-state index contributed by atoms with van der Waals surface area (Å²) in [6.45, 7) is 0.507. The minimum absolute atomic E-state index is 0.0257. The predicted octanol–water partition coefficient (Wildman–Crippen LogP) is 6.16. The van der Waals surface area contributed by atoms with Gasteiger partial charge in [-0.1, -0.05) is 36.4 Å². The summed E-state index contributed by atoms with van der Waals surface area (Å²) < 4.78 is 8.19. The molecule has 0 aliphatic carbocycles. The van der Waals surface area contributed by atoms with Crippen molar-refractivity contribution in [3.05, 3.63) is 77.8 Å². The maximum absolute atomic E-state index is 12.4. The standard InChI is InChI=1S/C23H18I2N2O2S/c1-26-23-27(2)22(28)20(30-23)12-15-10-18(24)21(19(25)11-15)29-13-14-7-8-16-5-3-4-6-17(16)9-14/h3-12H,13H2,1-2H3/b20-12+,26-23?. The first-order valence-electron chi connectivity index (χ1n) is 9.20. The van der Waals surface area contributed by atoms with Crippen LogP contribution in [-0.2, 0) is 11.4 Å². The van der Waals surface area contributed by atoms with Crippen LogP contribution in [0.5, 0.6) is 5.75 Å². The molecule has 4 rings (SSSR count). The van der Waals surface area contributed by atoms with E-state index in [1.165, 1.54) is 22.5 Å². The highest BCUT2D eigenvalue weighted by Crippen LogP contribution is 2.34. The number of amides is 1. The Morgan fingerprint density at radius 1 is 1.07 bits per heavy atom. The summed E-state index contributed by atoms with van der Waals surface area (Å²) in [7, 11) is 3.44. The summed E-state index contributed by atoms with van der Waals surface area (Å²) in [5, 5.41) is 3.15. The first kappa shape index (κ1) is 21.6. The lowest BCUT2D eigenvalue weighted by atomic mass is 10.1. The average molecular weight is 640 g/mol. The van der Waals surface area contributed by atoms with E-state index in [1.54, 1.807) is 19.0 Å². The SMILES string of the molecule is CN=C1S/C(=C/c2cc(I)c(OCc3ccc4ccccc4c3)c(I)c2)C(=O)N1C. The number of nitrogens with zero attached hydrogens (tertiary/aromatic N) is 2. The van der Waals surface area contributed by atoms with Crippen LogP contribution in [0.25, 0.3) is 16.8 Å². The number of benzene rings is 3. The smallest absolute Gasteiger partial charge is 0.266 e. The third-order valence-electron chi connectivity index (χ3n) is 4.71. The molecule has 0 unspecified atom stereocenters. The van der Waals surface area contributed by atoms with Gasteiger partial charge >= 0.3 is 0 Å². The van der Waals surface area contributed by atoms with Gasteiger partial charge in [0.15, 0.2) is 5.17 Å². The molecule has 1 aliphatic rings. The Balaban J connectivity index is 1.54. The van der Waals surface area contributed by atoms with E-state index in [9.17, 15) is 4.79 Å². The Kier molecular flexibility index (Phi) is 6.69. The Morgan fingerprint density at radius 3 is 2.43 bits per heavy atom. The van der Waals surface area contributed by atoms with E-state index in [4.69, 9.17) is 4.74 Å². The van der Waals surface area contributed by atoms with Crippen LogP contribution in [0.4, 0.5) is 0 Å². The minimum Gasteiger partial charge on any atom is -0.487 e. The van der Waals surface area contributed by atoms with E-state index in [-0.39, 0.29) is 5.91 Å². The highest BCUT2D eigenvalue weighted by molar-refractivity contribution is 14.1. The second-order valence-electron chi connectivity index (χ2n) is 6.76. The molecule has 0 aromatic heterocycles. The van der Waals surface area contributed by atoms with Gasteiger partial charge in [-0.25, -0.2) is 0 Å². The summed E-state index contributed by atoms with van der Waals surface area (Å²) in [4.78, 5) is 18.8. The molecule has 1 fully saturated rings. The number of hydrogen-bond acceptors (Lipinski definition) is 4. The number of ether oxygens (including phenoxy) is 1. The first-order valence-corrected chi connectivity index (χ1v) is 12.2. The summed E-state index contributed by atoms with van der Waals surface area (Å²) in [6.07, 6.45) is 1.92. The molecule has 152 valence electrons. The van der Waals surface area contributed by atoms with Gasteiger partial charge in [0, 0.05) is 14.1 Å². The van der Waals surface area contributed by atoms with Gasteiger partial charge in [-0.3, -0.25) is 14.7 Å². The number of amidine groups is 1. The van der Waals surface area contributed by atoms with Crippen LogP contribution >= 0.6 is 56.9 Å². The largest absolute Gasteiger partial charge is 0.487 e. The van der Waals surface area contributed by atoms with Gasteiger partial charge in [0.2, 0.25) is 0 Å². The second kappa shape index (κ2) is 9.27. The Bertz CT molecular complexity index is 1180. The Labute approximate surface area is 207 Å². The fraction of sp³-hybridized carbons (Fsp3) is 0.130. The lowest BCUT2D eigenvalue weighted by Gasteiger charge is -2.12. The van der Waals surface area contributed by atoms with Gasteiger partial charge in [0.1, 0.15) is 12.4 Å². The monoisotopic (exact) mass is 640 g/mol. The fourth-order valence-electron chi connectivity index (χ4n) is 3.19. The van der Waals surface area contributed by atoms with Gasteiger partial charge in [-0.2, -0.15) is 0 Å². The molecule has 1 amide bonds. The van der Waals surface area contributed by atoms with Crippen LogP contribution in [0.2, 0.25) is 0 Å². The van der Waals surface area contributed by atoms with E-state index < -0.39 is 0 Å². The van der Waals surface area contributed by atoms with Gasteiger partial charge in [0.25, 0.3) is 5.91 Å². The number of fused-ring (bicyclic) bond motifs is 1. The van der Waals surface area contributed by atoms with Crippen molar-refractivity contribution < 1.29 is 9.53 Å². The first-order chi connectivity index (χ1) is 14.5. The van der Waals surface area contributed by atoms with E-state index in [0.29, 0.717) is 16.7 Å². The normalized spacial score (nSPS) is 16.8. The quantitative estimate of drug-likeness (QED) is 0.254. The number of thioether (sulfide) groups is 1. The second-order valence-corrected chi connectivity index (χ2v) is 10.1. The number of carbonyl (C=O) groups excluding carboxylic acids is 1. The highest BCUT2D eigenvalue weighted by atomic mass is 127. The molecule has 0 N–H and O–H groups in total. The average Bonchev–Trinajstić information content (AvgIpc) is 3.01. The van der Waals surface area contributed by atoms with Crippen LogP contribution in [-0.4, -0.2) is 30.1 Å². The van der Waals surface area contributed by atoms with Crippen molar-refractivity contribution in [1.29, 1.82) is 0 Å². The van der Waals surface area contributed by atoms with E-state index in [1.807, 2.05) is 30.3 Å². The number of rotatable bonds is 4. The van der Waals surface area contributed by atoms with E-state index in [2.05, 4.69) is 80.5 Å². The number of likely N-dealkylation sites (N-methyl/N-ethyl adjacent to an activating group) is 1. The van der Waals surface area contributed by atoms with Crippen molar-refractivity contribution in [2.24, 2.45) is 4.99 Å². The van der Waals surface area contributed by atoms with Gasteiger partial charge in [-0.15, -0.1) is 0 Å². The third-order valence-corrected chi connectivity index (χ3v) is 7.46. The van der Waals surface area contributed by atoms with Crippen molar-refractivity contribution in [2.45, 2.75) is 6.61 Å². The van der Waals surface area contributed by atoms with Crippen LogP contribution < -0.4 is 4.74 Å². The molecule has 1 saturated heterocycles. The molecule has 1 aliphatic heterocycles. The van der Waals surface area contributed by atoms with Crippen molar-refractivity contribution in [3.63, 3.8) is 0 Å². The summed E-state index contributed by atoms with van der Waals surface area (Å²) >= 11 is 5.98. The lowest BCUT2D eigenvalue weighted by Crippen LogP contribution is -2.23. The molecule has 0 spiro atoms.